The van der Waals surface area contributed by atoms with Crippen molar-refractivity contribution in [3.05, 3.63) is 97.1 Å². The molecule has 7 nitrogen and oxygen atoms in total. The number of likely N-dealkylation sites (tertiary alicyclic amines) is 1. The van der Waals surface area contributed by atoms with Crippen LogP contribution in [0, 0.1) is 0 Å². The van der Waals surface area contributed by atoms with Gasteiger partial charge in [-0.2, -0.15) is 0 Å². The van der Waals surface area contributed by atoms with Crippen LogP contribution in [0.4, 0.5) is 0 Å². The van der Waals surface area contributed by atoms with E-state index in [1.165, 1.54) is 0 Å². The summed E-state index contributed by atoms with van der Waals surface area (Å²) in [5.74, 6) is -0.404. The molecule has 4 heterocycles. The molecule has 1 aliphatic heterocycles. The molecule has 1 aliphatic rings. The highest BCUT2D eigenvalue weighted by molar-refractivity contribution is 7.19. The van der Waals surface area contributed by atoms with E-state index in [4.69, 9.17) is 11.6 Å². The number of halogens is 1. The average Bonchev–Trinajstić information content (AvgIpc) is 3.68. The van der Waals surface area contributed by atoms with Gasteiger partial charge in [0.15, 0.2) is 0 Å². The highest BCUT2D eigenvalue weighted by Gasteiger charge is 2.33. The molecule has 3 aromatic heterocycles. The van der Waals surface area contributed by atoms with Gasteiger partial charge in [-0.1, -0.05) is 35.9 Å². The molecule has 5 aromatic rings. The fourth-order valence-corrected chi connectivity index (χ4v) is 7.47. The minimum atomic E-state index is -0.665. The summed E-state index contributed by atoms with van der Waals surface area (Å²) in [6.07, 6.45) is 2.83. The third kappa shape index (κ3) is 5.25. The number of carbonyl (C=O) groups is 1. The number of benzene rings is 2. The number of aryl methyl sites for hydroxylation is 1. The zero-order valence-electron chi connectivity index (χ0n) is 21.3. The summed E-state index contributed by atoms with van der Waals surface area (Å²) in [6.45, 7) is 1.80. The van der Waals surface area contributed by atoms with Crippen LogP contribution >= 0.6 is 34.3 Å². The van der Waals surface area contributed by atoms with Crippen LogP contribution in [0.5, 0.6) is 0 Å². The number of aromatic nitrogens is 2. The second-order valence-corrected chi connectivity index (χ2v) is 12.5. The Labute approximate surface area is 238 Å². The molecule has 0 spiro atoms. The van der Waals surface area contributed by atoms with Crippen molar-refractivity contribution in [2.75, 3.05) is 6.54 Å². The number of rotatable bonds is 7. The zero-order chi connectivity index (χ0) is 27.1. The summed E-state index contributed by atoms with van der Waals surface area (Å²) in [4.78, 5) is 35.1. The van der Waals surface area contributed by atoms with Gasteiger partial charge in [0.2, 0.25) is 5.43 Å². The van der Waals surface area contributed by atoms with Crippen LogP contribution in [0.1, 0.15) is 44.8 Å². The van der Waals surface area contributed by atoms with E-state index >= 15 is 0 Å². The number of fused-ring (bicyclic) bond motifs is 2. The number of hydrogen-bond donors (Lipinski definition) is 2. The number of para-hydroxylation sites is 1. The minimum Gasteiger partial charge on any atom is -0.384 e. The zero-order valence-corrected chi connectivity index (χ0v) is 23.7. The molecule has 0 aliphatic carbocycles. The van der Waals surface area contributed by atoms with Gasteiger partial charge in [0.25, 0.3) is 5.91 Å². The quantitative estimate of drug-likeness (QED) is 0.267. The predicted octanol–water partition coefficient (Wildman–Crippen LogP) is 5.49. The molecule has 6 rings (SSSR count). The van der Waals surface area contributed by atoms with Gasteiger partial charge in [-0.25, -0.2) is 4.98 Å². The number of nitrogens with zero attached hydrogens (tertiary/aromatic N) is 3. The van der Waals surface area contributed by atoms with Crippen LogP contribution in [0.2, 0.25) is 5.02 Å². The van der Waals surface area contributed by atoms with Gasteiger partial charge in [0.05, 0.1) is 15.6 Å². The molecule has 0 saturated carbocycles. The third-order valence-corrected chi connectivity index (χ3v) is 9.78. The van der Waals surface area contributed by atoms with Gasteiger partial charge in [-0.3, -0.25) is 14.5 Å². The van der Waals surface area contributed by atoms with Crippen LogP contribution < -0.4 is 10.7 Å². The maximum atomic E-state index is 13.3. The smallest absolute Gasteiger partial charge is 0.257 e. The first kappa shape index (κ1) is 26.2. The molecule has 10 heteroatoms. The monoisotopic (exact) mass is 578 g/mol. The van der Waals surface area contributed by atoms with E-state index in [9.17, 15) is 14.7 Å². The molecular weight excluding hydrogens is 552 g/mol. The second kappa shape index (κ2) is 10.8. The van der Waals surface area contributed by atoms with E-state index in [1.807, 2.05) is 54.1 Å². The average molecular weight is 579 g/mol. The Morgan fingerprint density at radius 3 is 2.79 bits per heavy atom. The van der Waals surface area contributed by atoms with Gasteiger partial charge < -0.3 is 15.0 Å². The Hall–Kier alpha value is -3.08. The molecule has 2 aromatic carbocycles. The number of thiazole rings is 1. The number of hydrogen-bond acceptors (Lipinski definition) is 7. The summed E-state index contributed by atoms with van der Waals surface area (Å²) in [5.41, 5.74) is 1.66. The Kier molecular flexibility index (Phi) is 7.26. The van der Waals surface area contributed by atoms with Gasteiger partial charge in [0, 0.05) is 42.3 Å². The first-order chi connectivity index (χ1) is 18.9. The lowest BCUT2D eigenvalue weighted by Crippen LogP contribution is -2.33. The molecule has 0 radical (unpaired) electrons. The van der Waals surface area contributed by atoms with Gasteiger partial charge in [-0.15, -0.1) is 22.7 Å². The summed E-state index contributed by atoms with van der Waals surface area (Å²) in [6, 6.07) is 17.0. The van der Waals surface area contributed by atoms with Gasteiger partial charge in [0.1, 0.15) is 21.5 Å². The maximum absolute atomic E-state index is 13.3. The van der Waals surface area contributed by atoms with Crippen LogP contribution in [0.3, 0.4) is 0 Å². The maximum Gasteiger partial charge on any atom is 0.257 e. The number of aliphatic hydroxyl groups excluding tert-OH is 1. The fraction of sp³-hybridized carbons (Fsp3) is 0.276. The highest BCUT2D eigenvalue weighted by atomic mass is 35.5. The molecule has 1 amide bonds. The van der Waals surface area contributed by atoms with Crippen LogP contribution in [0.25, 0.3) is 20.4 Å². The van der Waals surface area contributed by atoms with Crippen molar-refractivity contribution in [2.24, 2.45) is 7.05 Å². The lowest BCUT2D eigenvalue weighted by Gasteiger charge is -2.27. The summed E-state index contributed by atoms with van der Waals surface area (Å²) in [7, 11) is 1.85. The van der Waals surface area contributed by atoms with Crippen LogP contribution in [-0.2, 0) is 20.1 Å². The molecule has 2 N–H and O–H groups in total. The van der Waals surface area contributed by atoms with E-state index in [1.54, 1.807) is 41.0 Å². The highest BCUT2D eigenvalue weighted by Crippen LogP contribution is 2.35. The molecule has 200 valence electrons. The van der Waals surface area contributed by atoms with Crippen molar-refractivity contribution in [1.82, 2.24) is 19.8 Å². The van der Waals surface area contributed by atoms with E-state index in [-0.39, 0.29) is 17.0 Å². The van der Waals surface area contributed by atoms with Crippen molar-refractivity contribution >= 4 is 60.6 Å². The number of amides is 1. The molecule has 0 bridgehead atoms. The van der Waals surface area contributed by atoms with Gasteiger partial charge >= 0.3 is 0 Å². The van der Waals surface area contributed by atoms with Crippen LogP contribution in [0.15, 0.2) is 65.6 Å². The van der Waals surface area contributed by atoms with Gasteiger partial charge in [-0.05, 0) is 55.3 Å². The lowest BCUT2D eigenvalue weighted by molar-refractivity contribution is 0.0693. The Balaban J connectivity index is 1.20. The molecule has 39 heavy (non-hydrogen) atoms. The number of aliphatic hydroxyl groups is 1. The van der Waals surface area contributed by atoms with E-state index < -0.39 is 12.0 Å². The Bertz CT molecular complexity index is 1690. The number of carbonyl (C=O) groups excluding carboxylic acids is 1. The lowest BCUT2D eigenvalue weighted by atomic mass is 10.1. The number of pyridine rings is 1. The molecular formula is C29H27ClN4O3S2. The second-order valence-electron chi connectivity index (χ2n) is 9.87. The SMILES string of the molecule is Cn1cc(C(=O)NCc2ccc(Cl)cc2)c(=O)c2cc(CN3CCC[C@@H]3[C@@H](O)c3nc4ccccc4s3)sc21. The van der Waals surface area contributed by atoms with Crippen molar-refractivity contribution in [3.63, 3.8) is 0 Å². The fourth-order valence-electron chi connectivity index (χ4n) is 5.22. The standard InChI is InChI=1S/C29H27ClN4O3S2/c1-33-16-21(27(37)31-14-17-8-10-18(30)11-9-17)25(35)20-13-19(38-29(20)33)15-34-12-4-6-23(34)26(36)28-32-22-5-2-3-7-24(22)39-28/h2-3,5,7-11,13,16,23,26,36H,4,6,12,14-15H2,1H3,(H,31,37)/t23-,26-/m1/s1. The Morgan fingerprint density at radius 1 is 1.21 bits per heavy atom. The Morgan fingerprint density at radius 2 is 2.00 bits per heavy atom. The molecule has 0 unspecified atom stereocenters. The summed E-state index contributed by atoms with van der Waals surface area (Å²) in [5, 5.41) is 16.0. The summed E-state index contributed by atoms with van der Waals surface area (Å²) < 4.78 is 2.92. The largest absolute Gasteiger partial charge is 0.384 e. The van der Waals surface area contributed by atoms with E-state index in [0.717, 1.165) is 49.9 Å². The van der Waals surface area contributed by atoms with Crippen LogP contribution in [-0.4, -0.2) is 38.1 Å². The van der Waals surface area contributed by atoms with E-state index in [2.05, 4.69) is 15.2 Å². The first-order valence-electron chi connectivity index (χ1n) is 12.8. The minimum absolute atomic E-state index is 0.0366. The molecule has 2 atom stereocenters. The predicted molar refractivity (Wildman–Crippen MR) is 158 cm³/mol. The van der Waals surface area contributed by atoms with Crippen molar-refractivity contribution in [2.45, 2.75) is 38.1 Å². The third-order valence-electron chi connectivity index (χ3n) is 7.21. The van der Waals surface area contributed by atoms with Crippen molar-refractivity contribution in [1.29, 1.82) is 0 Å². The summed E-state index contributed by atoms with van der Waals surface area (Å²) >= 11 is 9.03. The number of nitrogens with one attached hydrogen (secondary N) is 1. The van der Waals surface area contributed by atoms with Crippen molar-refractivity contribution in [3.8, 4) is 0 Å². The van der Waals surface area contributed by atoms with Crippen molar-refractivity contribution < 1.29 is 9.90 Å². The first-order valence-corrected chi connectivity index (χ1v) is 14.8. The van der Waals surface area contributed by atoms with E-state index in [0.29, 0.717) is 23.5 Å². The molecule has 1 saturated heterocycles. The topological polar surface area (TPSA) is 87.5 Å². The number of thiophene rings is 1. The normalized spacial score (nSPS) is 16.7. The molecule has 1 fully saturated rings.